The fraction of sp³-hybridized carbons (Fsp3) is 0.833. The highest BCUT2D eigenvalue weighted by Crippen LogP contribution is 2.25. The van der Waals surface area contributed by atoms with Gasteiger partial charge in [0.1, 0.15) is 11.6 Å². The van der Waals surface area contributed by atoms with Gasteiger partial charge in [-0.2, -0.15) is 5.10 Å². The molecule has 1 aromatic heterocycles. The molecule has 0 spiro atoms. The van der Waals surface area contributed by atoms with Gasteiger partial charge in [0, 0.05) is 19.1 Å². The summed E-state index contributed by atoms with van der Waals surface area (Å²) in [5, 5.41) is 7.51. The molecule has 0 aliphatic carbocycles. The van der Waals surface area contributed by atoms with Gasteiger partial charge in [-0.05, 0) is 72.6 Å². The van der Waals surface area contributed by atoms with Gasteiger partial charge < -0.3 is 10.2 Å². The van der Waals surface area contributed by atoms with Crippen molar-refractivity contribution in [3.05, 3.63) is 11.6 Å². The summed E-state index contributed by atoms with van der Waals surface area (Å²) < 4.78 is 1.92. The molecule has 25 heavy (non-hydrogen) atoms. The first kappa shape index (κ1) is 18.3. The monoisotopic (exact) mass is 348 g/mol. The minimum absolute atomic E-state index is 0.0729. The first-order chi connectivity index (χ1) is 12.0. The Kier molecular flexibility index (Phi) is 6.06. The first-order valence-electron chi connectivity index (χ1n) is 9.64. The molecular weight excluding hydrogens is 316 g/mol. The van der Waals surface area contributed by atoms with Crippen LogP contribution in [0.5, 0.6) is 0 Å². The van der Waals surface area contributed by atoms with E-state index in [9.17, 15) is 4.79 Å². The molecular formula is C18H32N6O. The lowest BCUT2D eigenvalue weighted by Gasteiger charge is -2.37. The Morgan fingerprint density at radius 3 is 2.64 bits per heavy atom. The third-order valence-electron chi connectivity index (χ3n) is 5.56. The average molecular weight is 348 g/mol. The number of carbonyl (C=O) groups is 1. The van der Waals surface area contributed by atoms with Crippen molar-refractivity contribution in [2.45, 2.75) is 64.6 Å². The van der Waals surface area contributed by atoms with Gasteiger partial charge in [-0.1, -0.05) is 0 Å². The zero-order valence-corrected chi connectivity index (χ0v) is 15.9. The molecule has 7 nitrogen and oxygen atoms in total. The highest BCUT2D eigenvalue weighted by molar-refractivity contribution is 5.82. The number of rotatable bonds is 6. The number of aryl methyl sites for hydroxylation is 3. The van der Waals surface area contributed by atoms with Crippen molar-refractivity contribution >= 4 is 5.91 Å². The van der Waals surface area contributed by atoms with Gasteiger partial charge in [-0.25, -0.2) is 4.98 Å². The lowest BCUT2D eigenvalue weighted by molar-refractivity contribution is -0.126. The quantitative estimate of drug-likeness (QED) is 0.776. The van der Waals surface area contributed by atoms with Crippen LogP contribution in [-0.2, 0) is 11.3 Å². The fourth-order valence-electron chi connectivity index (χ4n) is 4.17. The van der Waals surface area contributed by atoms with Crippen molar-refractivity contribution in [1.29, 1.82) is 0 Å². The number of hydrogen-bond acceptors (Lipinski definition) is 5. The summed E-state index contributed by atoms with van der Waals surface area (Å²) in [6.45, 7) is 8.74. The summed E-state index contributed by atoms with van der Waals surface area (Å²) in [4.78, 5) is 21.8. The Bertz CT molecular complexity index is 578. The van der Waals surface area contributed by atoms with Crippen LogP contribution in [-0.4, -0.2) is 75.8 Å². The number of carbonyl (C=O) groups excluding carboxylic acids is 1. The second kappa shape index (κ2) is 8.27. The van der Waals surface area contributed by atoms with E-state index in [1.54, 1.807) is 0 Å². The molecule has 3 heterocycles. The molecule has 1 atom stereocenters. The van der Waals surface area contributed by atoms with Crippen molar-refractivity contribution in [1.82, 2.24) is 29.9 Å². The predicted octanol–water partition coefficient (Wildman–Crippen LogP) is 0.960. The van der Waals surface area contributed by atoms with Crippen LogP contribution in [0.4, 0.5) is 0 Å². The minimum atomic E-state index is 0.0729. The van der Waals surface area contributed by atoms with Gasteiger partial charge in [0.2, 0.25) is 5.91 Å². The van der Waals surface area contributed by atoms with E-state index < -0.39 is 0 Å². The zero-order chi connectivity index (χ0) is 17.8. The molecule has 1 amide bonds. The highest BCUT2D eigenvalue weighted by Gasteiger charge is 2.36. The van der Waals surface area contributed by atoms with Crippen LogP contribution in [0.15, 0.2) is 0 Å². The number of likely N-dealkylation sites (tertiary alicyclic amines) is 2. The van der Waals surface area contributed by atoms with Gasteiger partial charge >= 0.3 is 0 Å². The number of amides is 1. The molecule has 140 valence electrons. The van der Waals surface area contributed by atoms with Crippen molar-refractivity contribution < 1.29 is 4.79 Å². The van der Waals surface area contributed by atoms with E-state index in [0.29, 0.717) is 12.6 Å². The number of piperidine rings is 1. The average Bonchev–Trinajstić information content (AvgIpc) is 3.19. The van der Waals surface area contributed by atoms with Crippen molar-refractivity contribution in [3.8, 4) is 0 Å². The second-order valence-corrected chi connectivity index (χ2v) is 7.50. The Balaban J connectivity index is 1.43. The zero-order valence-electron chi connectivity index (χ0n) is 15.9. The molecule has 2 fully saturated rings. The largest absolute Gasteiger partial charge is 0.355 e. The first-order valence-corrected chi connectivity index (χ1v) is 9.64. The van der Waals surface area contributed by atoms with E-state index in [1.807, 2.05) is 18.5 Å². The van der Waals surface area contributed by atoms with E-state index >= 15 is 0 Å². The summed E-state index contributed by atoms with van der Waals surface area (Å²) in [6, 6.07) is 0.652. The van der Waals surface area contributed by atoms with E-state index in [-0.39, 0.29) is 11.9 Å². The van der Waals surface area contributed by atoms with Crippen LogP contribution < -0.4 is 5.32 Å². The van der Waals surface area contributed by atoms with E-state index in [0.717, 1.165) is 57.1 Å². The van der Waals surface area contributed by atoms with Crippen molar-refractivity contribution in [2.75, 3.05) is 33.2 Å². The second-order valence-electron chi connectivity index (χ2n) is 7.50. The van der Waals surface area contributed by atoms with Crippen LogP contribution in [0.2, 0.25) is 0 Å². The smallest absolute Gasteiger partial charge is 0.237 e. The van der Waals surface area contributed by atoms with E-state index in [2.05, 4.69) is 32.2 Å². The number of aromatic nitrogens is 3. The standard InChI is InChI=1S/C18H32N6O/c1-14-20-15(2)24(21-14)11-5-9-19-18(25)17-6-4-10-23(17)16-7-12-22(3)13-8-16/h16-17H,4-13H2,1-3H3,(H,19,25)/t17-/m0/s1. The van der Waals surface area contributed by atoms with Crippen LogP contribution in [0, 0.1) is 13.8 Å². The molecule has 1 aromatic rings. The number of nitrogens with one attached hydrogen (secondary N) is 1. The Morgan fingerprint density at radius 1 is 1.20 bits per heavy atom. The third-order valence-corrected chi connectivity index (χ3v) is 5.56. The normalized spacial score (nSPS) is 23.2. The SMILES string of the molecule is Cc1nc(C)n(CCCNC(=O)[C@@H]2CCCN2C2CCN(C)CC2)n1. The molecule has 3 rings (SSSR count). The molecule has 2 aliphatic heterocycles. The number of hydrogen-bond donors (Lipinski definition) is 1. The molecule has 0 unspecified atom stereocenters. The van der Waals surface area contributed by atoms with Crippen LogP contribution in [0.3, 0.4) is 0 Å². The topological polar surface area (TPSA) is 66.3 Å². The summed E-state index contributed by atoms with van der Waals surface area (Å²) in [5.41, 5.74) is 0. The van der Waals surface area contributed by atoms with Gasteiger partial charge in [-0.3, -0.25) is 14.4 Å². The molecule has 1 N–H and O–H groups in total. The molecule has 0 radical (unpaired) electrons. The molecule has 0 bridgehead atoms. The molecule has 2 saturated heterocycles. The fourth-order valence-corrected chi connectivity index (χ4v) is 4.17. The van der Waals surface area contributed by atoms with Gasteiger partial charge in [-0.15, -0.1) is 0 Å². The van der Waals surface area contributed by atoms with Crippen molar-refractivity contribution in [3.63, 3.8) is 0 Å². The summed E-state index contributed by atoms with van der Waals surface area (Å²) in [5.74, 6) is 1.96. The maximum Gasteiger partial charge on any atom is 0.237 e. The lowest BCUT2D eigenvalue weighted by Crippen LogP contribution is -2.51. The molecule has 2 aliphatic rings. The maximum absolute atomic E-state index is 12.6. The maximum atomic E-state index is 12.6. The summed E-state index contributed by atoms with van der Waals surface area (Å²) in [6.07, 6.45) is 5.40. The Morgan fingerprint density at radius 2 is 1.96 bits per heavy atom. The highest BCUT2D eigenvalue weighted by atomic mass is 16.2. The summed E-state index contributed by atoms with van der Waals surface area (Å²) in [7, 11) is 2.18. The predicted molar refractivity (Wildman–Crippen MR) is 97.4 cm³/mol. The molecule has 0 saturated carbocycles. The van der Waals surface area contributed by atoms with Gasteiger partial charge in [0.05, 0.1) is 6.04 Å². The van der Waals surface area contributed by atoms with Crippen LogP contribution in [0.25, 0.3) is 0 Å². The van der Waals surface area contributed by atoms with Crippen LogP contribution >= 0.6 is 0 Å². The third kappa shape index (κ3) is 4.58. The van der Waals surface area contributed by atoms with Gasteiger partial charge in [0.15, 0.2) is 0 Å². The van der Waals surface area contributed by atoms with Crippen molar-refractivity contribution in [2.24, 2.45) is 0 Å². The van der Waals surface area contributed by atoms with Gasteiger partial charge in [0.25, 0.3) is 0 Å². The molecule has 0 aromatic carbocycles. The van der Waals surface area contributed by atoms with Crippen LogP contribution in [0.1, 0.15) is 43.8 Å². The Hall–Kier alpha value is -1.47. The van der Waals surface area contributed by atoms with E-state index in [4.69, 9.17) is 0 Å². The number of nitrogens with zero attached hydrogens (tertiary/aromatic N) is 5. The van der Waals surface area contributed by atoms with E-state index in [1.165, 1.54) is 12.8 Å². The summed E-state index contributed by atoms with van der Waals surface area (Å²) >= 11 is 0. The minimum Gasteiger partial charge on any atom is -0.355 e. The Labute approximate surface area is 150 Å². The molecule has 7 heteroatoms. The lowest BCUT2D eigenvalue weighted by atomic mass is 10.0.